The number of imidazole rings is 1. The topological polar surface area (TPSA) is 85.6 Å². The van der Waals surface area contributed by atoms with Crippen molar-refractivity contribution in [1.29, 1.82) is 0 Å². The van der Waals surface area contributed by atoms with Crippen LogP contribution in [0, 0.1) is 0 Å². The van der Waals surface area contributed by atoms with Crippen molar-refractivity contribution in [3.05, 3.63) is 59.3 Å². The maximum atomic E-state index is 12.9. The highest BCUT2D eigenvalue weighted by Crippen LogP contribution is 2.41. The second kappa shape index (κ2) is 7.50. The van der Waals surface area contributed by atoms with Crippen LogP contribution in [0.2, 0.25) is 0 Å². The number of nitrogens with zero attached hydrogens (tertiary/aromatic N) is 2. The van der Waals surface area contributed by atoms with Crippen LogP contribution < -0.4 is 10.1 Å². The monoisotopic (exact) mass is 393 g/mol. The van der Waals surface area contributed by atoms with E-state index in [0.29, 0.717) is 29.6 Å². The molecule has 0 saturated heterocycles. The lowest BCUT2D eigenvalue weighted by atomic mass is 9.94. The normalized spacial score (nSPS) is 15.8. The molecule has 1 aliphatic heterocycles. The second-order valence-electron chi connectivity index (χ2n) is 6.74. The van der Waals surface area contributed by atoms with E-state index in [4.69, 9.17) is 9.47 Å². The first-order valence-corrected chi connectivity index (χ1v) is 9.62. The van der Waals surface area contributed by atoms with Crippen LogP contribution in [0.1, 0.15) is 32.4 Å². The van der Waals surface area contributed by atoms with Crippen molar-refractivity contribution in [2.24, 2.45) is 0 Å². The fourth-order valence-electron chi connectivity index (χ4n) is 3.72. The van der Waals surface area contributed by atoms with Gasteiger partial charge in [0.15, 0.2) is 11.5 Å². The van der Waals surface area contributed by atoms with E-state index in [1.54, 1.807) is 25.1 Å². The average molecular weight is 393 g/mol. The molecular weight excluding hydrogens is 370 g/mol. The van der Waals surface area contributed by atoms with E-state index in [1.165, 1.54) is 0 Å². The van der Waals surface area contributed by atoms with Crippen molar-refractivity contribution in [3.63, 3.8) is 0 Å². The highest BCUT2D eigenvalue weighted by atomic mass is 16.5. The number of anilines is 1. The predicted molar refractivity (Wildman–Crippen MR) is 110 cm³/mol. The number of para-hydroxylation sites is 2. The summed E-state index contributed by atoms with van der Waals surface area (Å²) in [6.07, 6.45) is 0. The van der Waals surface area contributed by atoms with E-state index in [0.717, 1.165) is 16.6 Å². The van der Waals surface area contributed by atoms with Gasteiger partial charge < -0.3 is 19.9 Å². The SMILES string of the molecule is CCOC(=O)C1=C(C)Nc2nc3ccccc3n2[C@H]1c1ccc(O)c(OCC)c1. The van der Waals surface area contributed by atoms with Gasteiger partial charge in [-0.1, -0.05) is 18.2 Å². The molecule has 4 rings (SSSR count). The number of ether oxygens (including phenoxy) is 2. The molecule has 1 atom stereocenters. The average Bonchev–Trinajstić information content (AvgIpc) is 3.06. The highest BCUT2D eigenvalue weighted by Gasteiger charge is 2.35. The Bertz CT molecular complexity index is 1120. The molecule has 2 heterocycles. The van der Waals surface area contributed by atoms with E-state index in [2.05, 4.69) is 10.3 Å². The Morgan fingerprint density at radius 2 is 2.00 bits per heavy atom. The quantitative estimate of drug-likeness (QED) is 0.638. The molecule has 29 heavy (non-hydrogen) atoms. The Kier molecular flexibility index (Phi) is 4.88. The molecule has 0 radical (unpaired) electrons. The van der Waals surface area contributed by atoms with Crippen LogP contribution in [0.5, 0.6) is 11.5 Å². The van der Waals surface area contributed by atoms with E-state index >= 15 is 0 Å². The molecular formula is C22H23N3O4. The van der Waals surface area contributed by atoms with Crippen LogP contribution >= 0.6 is 0 Å². The van der Waals surface area contributed by atoms with Gasteiger partial charge in [-0.25, -0.2) is 9.78 Å². The fourth-order valence-corrected chi connectivity index (χ4v) is 3.72. The van der Waals surface area contributed by atoms with Crippen LogP contribution in [0.3, 0.4) is 0 Å². The molecule has 0 amide bonds. The lowest BCUT2D eigenvalue weighted by molar-refractivity contribution is -0.139. The Morgan fingerprint density at radius 1 is 1.21 bits per heavy atom. The summed E-state index contributed by atoms with van der Waals surface area (Å²) >= 11 is 0. The molecule has 7 nitrogen and oxygen atoms in total. The first-order chi connectivity index (χ1) is 14.0. The fraction of sp³-hybridized carbons (Fsp3) is 0.273. The van der Waals surface area contributed by atoms with Gasteiger partial charge in [0.25, 0.3) is 0 Å². The maximum absolute atomic E-state index is 12.9. The van der Waals surface area contributed by atoms with Gasteiger partial charge in [0.2, 0.25) is 5.95 Å². The third-order valence-electron chi connectivity index (χ3n) is 4.93. The number of fused-ring (bicyclic) bond motifs is 3. The molecule has 1 aliphatic rings. The largest absolute Gasteiger partial charge is 0.504 e. The maximum Gasteiger partial charge on any atom is 0.338 e. The minimum atomic E-state index is -0.475. The van der Waals surface area contributed by atoms with Crippen molar-refractivity contribution >= 4 is 23.0 Å². The number of phenolic OH excluding ortho intramolecular Hbond substituents is 1. The summed E-state index contributed by atoms with van der Waals surface area (Å²) < 4.78 is 12.9. The summed E-state index contributed by atoms with van der Waals surface area (Å²) in [7, 11) is 0. The summed E-state index contributed by atoms with van der Waals surface area (Å²) in [4.78, 5) is 17.6. The first-order valence-electron chi connectivity index (χ1n) is 9.62. The molecule has 150 valence electrons. The van der Waals surface area contributed by atoms with Gasteiger partial charge in [0.1, 0.15) is 0 Å². The van der Waals surface area contributed by atoms with Crippen molar-refractivity contribution in [2.45, 2.75) is 26.8 Å². The molecule has 1 aromatic heterocycles. The van der Waals surface area contributed by atoms with Gasteiger partial charge in [-0.3, -0.25) is 4.57 Å². The van der Waals surface area contributed by atoms with E-state index < -0.39 is 12.0 Å². The summed E-state index contributed by atoms with van der Waals surface area (Å²) in [6, 6.07) is 12.4. The molecule has 3 aromatic rings. The number of nitrogens with one attached hydrogen (secondary N) is 1. The van der Waals surface area contributed by atoms with E-state index in [-0.39, 0.29) is 12.4 Å². The summed E-state index contributed by atoms with van der Waals surface area (Å²) in [5.41, 5.74) is 3.68. The van der Waals surface area contributed by atoms with Crippen molar-refractivity contribution in [3.8, 4) is 11.5 Å². The van der Waals surface area contributed by atoms with Crippen LogP contribution in [0.4, 0.5) is 5.95 Å². The van der Waals surface area contributed by atoms with Gasteiger partial charge in [-0.05, 0) is 50.6 Å². The number of carbonyl (C=O) groups excluding carboxylic acids is 1. The smallest absolute Gasteiger partial charge is 0.338 e. The number of hydrogen-bond donors (Lipinski definition) is 2. The van der Waals surface area contributed by atoms with Gasteiger partial charge >= 0.3 is 5.97 Å². The van der Waals surface area contributed by atoms with Crippen LogP contribution in [0.15, 0.2) is 53.7 Å². The third-order valence-corrected chi connectivity index (χ3v) is 4.93. The molecule has 0 fully saturated rings. The van der Waals surface area contributed by atoms with Crippen molar-refractivity contribution < 1.29 is 19.4 Å². The Balaban J connectivity index is 1.96. The zero-order valence-corrected chi connectivity index (χ0v) is 16.6. The molecule has 7 heteroatoms. The second-order valence-corrected chi connectivity index (χ2v) is 6.74. The Morgan fingerprint density at radius 3 is 2.76 bits per heavy atom. The number of aromatic hydroxyl groups is 1. The minimum Gasteiger partial charge on any atom is -0.504 e. The number of benzene rings is 2. The van der Waals surface area contributed by atoms with Gasteiger partial charge in [-0.15, -0.1) is 0 Å². The molecule has 2 aromatic carbocycles. The summed E-state index contributed by atoms with van der Waals surface area (Å²) in [6.45, 7) is 6.17. The number of allylic oxidation sites excluding steroid dienone is 1. The van der Waals surface area contributed by atoms with Gasteiger partial charge in [0.05, 0.1) is 35.9 Å². The molecule has 0 unspecified atom stereocenters. The number of rotatable bonds is 5. The highest BCUT2D eigenvalue weighted by molar-refractivity contribution is 5.94. The molecule has 0 saturated carbocycles. The number of carbonyl (C=O) groups is 1. The van der Waals surface area contributed by atoms with Crippen molar-refractivity contribution in [2.75, 3.05) is 18.5 Å². The lowest BCUT2D eigenvalue weighted by Gasteiger charge is -2.30. The van der Waals surface area contributed by atoms with Crippen molar-refractivity contribution in [1.82, 2.24) is 9.55 Å². The number of hydrogen-bond acceptors (Lipinski definition) is 6. The minimum absolute atomic E-state index is 0.0543. The number of esters is 1. The Labute approximate surface area is 168 Å². The van der Waals surface area contributed by atoms with Gasteiger partial charge in [0, 0.05) is 5.70 Å². The van der Waals surface area contributed by atoms with E-state index in [1.807, 2.05) is 42.7 Å². The van der Waals surface area contributed by atoms with Crippen LogP contribution in [-0.4, -0.2) is 33.8 Å². The van der Waals surface area contributed by atoms with Crippen LogP contribution in [0.25, 0.3) is 11.0 Å². The van der Waals surface area contributed by atoms with Crippen LogP contribution in [-0.2, 0) is 9.53 Å². The summed E-state index contributed by atoms with van der Waals surface area (Å²) in [5, 5.41) is 13.4. The molecule has 0 bridgehead atoms. The molecule has 0 spiro atoms. The molecule has 0 aliphatic carbocycles. The summed E-state index contributed by atoms with van der Waals surface area (Å²) in [5.74, 6) is 0.679. The first kappa shape index (κ1) is 18.9. The molecule has 2 N–H and O–H groups in total. The number of phenols is 1. The Hall–Kier alpha value is -3.48. The van der Waals surface area contributed by atoms with E-state index in [9.17, 15) is 9.90 Å². The van der Waals surface area contributed by atoms with Gasteiger partial charge in [-0.2, -0.15) is 0 Å². The third kappa shape index (κ3) is 3.18. The zero-order valence-electron chi connectivity index (χ0n) is 16.6. The zero-order chi connectivity index (χ0) is 20.5. The number of aromatic nitrogens is 2. The lowest BCUT2D eigenvalue weighted by Crippen LogP contribution is -2.29. The standard InChI is InChI=1S/C22H23N3O4/c1-4-28-18-12-14(10-11-17(18)26)20-19(21(27)29-5-2)13(3)23-22-24-15-8-6-7-9-16(15)25(20)22/h6-12,20,26H,4-5H2,1-3H3,(H,23,24)/t20-/m0/s1. The predicted octanol–water partition coefficient (Wildman–Crippen LogP) is 3.99.